The number of rotatable bonds is 5. The zero-order valence-electron chi connectivity index (χ0n) is 14.4. The second kappa shape index (κ2) is 6.40. The van der Waals surface area contributed by atoms with Crippen LogP contribution in [0, 0.1) is 0 Å². The number of carbonyl (C=O) groups is 2. The van der Waals surface area contributed by atoms with Crippen molar-refractivity contribution in [1.82, 2.24) is 20.4 Å². The molecule has 11 heteroatoms. The first-order valence-electron chi connectivity index (χ1n) is 8.17. The van der Waals surface area contributed by atoms with Crippen molar-refractivity contribution in [2.75, 3.05) is 0 Å². The summed E-state index contributed by atoms with van der Waals surface area (Å²) in [7, 11) is 0. The molecule has 1 atom stereocenters. The van der Waals surface area contributed by atoms with Crippen LogP contribution in [0.3, 0.4) is 0 Å². The molecule has 7 N–H and O–H groups in total. The van der Waals surface area contributed by atoms with Crippen LogP contribution in [0.5, 0.6) is 11.5 Å². The molecule has 0 radical (unpaired) electrons. The van der Waals surface area contributed by atoms with Crippen LogP contribution in [0.2, 0.25) is 0 Å². The molecule has 1 fully saturated rings. The highest BCUT2D eigenvalue weighted by Crippen LogP contribution is 2.30. The van der Waals surface area contributed by atoms with Crippen LogP contribution in [0.4, 0.5) is 4.79 Å². The van der Waals surface area contributed by atoms with Gasteiger partial charge in [0.1, 0.15) is 0 Å². The van der Waals surface area contributed by atoms with Crippen molar-refractivity contribution >= 4 is 22.8 Å². The fourth-order valence-corrected chi connectivity index (χ4v) is 3.32. The molecule has 3 aromatic rings. The van der Waals surface area contributed by atoms with Gasteiger partial charge < -0.3 is 15.0 Å². The van der Waals surface area contributed by atoms with E-state index in [0.717, 1.165) is 0 Å². The lowest BCUT2D eigenvalue weighted by Crippen LogP contribution is -2.49. The number of carbonyl (C=O) groups excluding carboxylic acids is 2. The maximum absolute atomic E-state index is 12.9. The molecule has 0 saturated carbocycles. The minimum atomic E-state index is -1.45. The first-order chi connectivity index (χ1) is 13.5. The molecule has 4 rings (SSSR count). The Hall–Kier alpha value is -3.83. The highest BCUT2D eigenvalue weighted by molar-refractivity contribution is 6.07. The molecule has 1 aromatic heterocycles. The monoisotopic (exact) mass is 384 g/mol. The number of nitrogens with two attached hydrogens (primary N) is 2. The van der Waals surface area contributed by atoms with Gasteiger partial charge in [0.15, 0.2) is 17.0 Å². The molecule has 3 amide bonds. The summed E-state index contributed by atoms with van der Waals surface area (Å²) in [6, 6.07) is 10.8. The van der Waals surface area contributed by atoms with Gasteiger partial charge in [0.05, 0.1) is 17.4 Å². The summed E-state index contributed by atoms with van der Waals surface area (Å²) in [5.41, 5.74) is -0.982. The summed E-state index contributed by atoms with van der Waals surface area (Å²) >= 11 is 0. The van der Waals surface area contributed by atoms with Gasteiger partial charge in [-0.05, 0) is 5.56 Å². The van der Waals surface area contributed by atoms with E-state index in [4.69, 9.17) is 11.8 Å². The van der Waals surface area contributed by atoms with E-state index in [1.54, 1.807) is 30.3 Å². The van der Waals surface area contributed by atoms with Crippen LogP contribution in [-0.4, -0.2) is 21.7 Å². The molecule has 1 unspecified atom stereocenters. The number of nitrogens with zero attached hydrogens (tertiary/aromatic N) is 1. The predicted octanol–water partition coefficient (Wildman–Crippen LogP) is -0.430. The number of fused-ring (bicyclic) bond motifs is 1. The van der Waals surface area contributed by atoms with Gasteiger partial charge in [-0.25, -0.2) is 9.48 Å². The standard InChI is InChI=1S/C17H16N6O5/c18-27-12-6-10-11(7-13(12)28-19)22-23(14(10)24)8-17(9-4-2-1-3-5-9)15(25)20-16(26)21-17/h1-7,22H,8,18-19H2,(H2,20,21,25,26). The smallest absolute Gasteiger partial charge is 0.322 e. The van der Waals surface area contributed by atoms with Crippen molar-refractivity contribution in [2.24, 2.45) is 11.8 Å². The Balaban J connectivity index is 1.85. The maximum atomic E-state index is 12.9. The average molecular weight is 384 g/mol. The minimum Gasteiger partial charge on any atom is -0.407 e. The molecular formula is C17H16N6O5. The molecular weight excluding hydrogens is 368 g/mol. The lowest BCUT2D eigenvalue weighted by atomic mass is 9.90. The van der Waals surface area contributed by atoms with Crippen LogP contribution in [0.1, 0.15) is 5.56 Å². The second-order valence-corrected chi connectivity index (χ2v) is 6.26. The summed E-state index contributed by atoms with van der Waals surface area (Å²) in [6.45, 7) is -0.167. The predicted molar refractivity (Wildman–Crippen MR) is 97.0 cm³/mol. The number of amides is 3. The van der Waals surface area contributed by atoms with E-state index in [2.05, 4.69) is 25.4 Å². The van der Waals surface area contributed by atoms with Crippen molar-refractivity contribution in [3.05, 3.63) is 58.4 Å². The van der Waals surface area contributed by atoms with Crippen molar-refractivity contribution in [3.8, 4) is 11.5 Å². The van der Waals surface area contributed by atoms with Crippen molar-refractivity contribution in [3.63, 3.8) is 0 Å². The molecule has 1 saturated heterocycles. The number of benzene rings is 2. The molecule has 1 aliphatic heterocycles. The molecule has 1 aliphatic rings. The van der Waals surface area contributed by atoms with Crippen molar-refractivity contribution < 1.29 is 19.3 Å². The second-order valence-electron chi connectivity index (χ2n) is 6.26. The Bertz CT molecular complexity index is 1140. The zero-order valence-corrected chi connectivity index (χ0v) is 14.4. The third-order valence-corrected chi connectivity index (χ3v) is 4.67. The zero-order chi connectivity index (χ0) is 19.9. The Morgan fingerprint density at radius 3 is 2.29 bits per heavy atom. The van der Waals surface area contributed by atoms with Crippen LogP contribution in [-0.2, 0) is 16.9 Å². The highest BCUT2D eigenvalue weighted by atomic mass is 16.7. The molecule has 2 aromatic carbocycles. The average Bonchev–Trinajstić information content (AvgIpc) is 3.17. The van der Waals surface area contributed by atoms with E-state index in [0.29, 0.717) is 11.1 Å². The Kier molecular flexibility index (Phi) is 4.02. The van der Waals surface area contributed by atoms with E-state index in [1.165, 1.54) is 16.8 Å². The fourth-order valence-electron chi connectivity index (χ4n) is 3.32. The lowest BCUT2D eigenvalue weighted by molar-refractivity contribution is -0.124. The number of H-pyrrole nitrogens is 1. The van der Waals surface area contributed by atoms with Crippen molar-refractivity contribution in [2.45, 2.75) is 12.1 Å². The number of hydrogen-bond donors (Lipinski definition) is 5. The molecule has 11 nitrogen and oxygen atoms in total. The van der Waals surface area contributed by atoms with Gasteiger partial charge in [-0.1, -0.05) is 30.3 Å². The van der Waals surface area contributed by atoms with Gasteiger partial charge in [-0.15, -0.1) is 0 Å². The van der Waals surface area contributed by atoms with E-state index in [-0.39, 0.29) is 23.4 Å². The minimum absolute atomic E-state index is 0.0722. The van der Waals surface area contributed by atoms with Gasteiger partial charge in [-0.2, -0.15) is 11.8 Å². The van der Waals surface area contributed by atoms with Gasteiger partial charge in [0, 0.05) is 12.1 Å². The quantitative estimate of drug-likeness (QED) is 0.294. The van der Waals surface area contributed by atoms with E-state index in [9.17, 15) is 14.4 Å². The largest absolute Gasteiger partial charge is 0.407 e. The first kappa shape index (κ1) is 17.6. The number of nitrogens with one attached hydrogen (secondary N) is 3. The highest BCUT2D eigenvalue weighted by Gasteiger charge is 2.48. The summed E-state index contributed by atoms with van der Waals surface area (Å²) in [5.74, 6) is 10.00. The Morgan fingerprint density at radius 2 is 1.68 bits per heavy atom. The topological polar surface area (TPSA) is 166 Å². The van der Waals surface area contributed by atoms with E-state index >= 15 is 0 Å². The summed E-state index contributed by atoms with van der Waals surface area (Å²) in [4.78, 5) is 46.7. The number of aromatic nitrogens is 2. The third kappa shape index (κ3) is 2.57. The molecule has 144 valence electrons. The fraction of sp³-hybridized carbons (Fsp3) is 0.118. The van der Waals surface area contributed by atoms with Gasteiger partial charge in [0.25, 0.3) is 11.5 Å². The number of hydrogen-bond acceptors (Lipinski definition) is 7. The van der Waals surface area contributed by atoms with Crippen LogP contribution in [0.25, 0.3) is 10.9 Å². The Labute approximate surface area is 157 Å². The molecule has 0 spiro atoms. The van der Waals surface area contributed by atoms with Crippen LogP contribution < -0.4 is 37.7 Å². The summed E-state index contributed by atoms with van der Waals surface area (Å²) < 4.78 is 1.21. The van der Waals surface area contributed by atoms with Gasteiger partial charge in [0.2, 0.25) is 0 Å². The number of imide groups is 1. The Morgan fingerprint density at radius 1 is 1.00 bits per heavy atom. The molecule has 0 bridgehead atoms. The lowest BCUT2D eigenvalue weighted by Gasteiger charge is -2.26. The van der Waals surface area contributed by atoms with Crippen molar-refractivity contribution in [1.29, 1.82) is 0 Å². The van der Waals surface area contributed by atoms with Crippen LogP contribution in [0.15, 0.2) is 47.3 Å². The maximum Gasteiger partial charge on any atom is 0.322 e. The summed E-state index contributed by atoms with van der Waals surface area (Å²) in [5, 5.41) is 7.99. The molecule has 2 heterocycles. The molecule has 28 heavy (non-hydrogen) atoms. The third-order valence-electron chi connectivity index (χ3n) is 4.67. The van der Waals surface area contributed by atoms with Crippen LogP contribution >= 0.6 is 0 Å². The van der Waals surface area contributed by atoms with Gasteiger partial charge in [-0.3, -0.25) is 20.0 Å². The SMILES string of the molecule is NOc1cc2[nH]n(CC3(c4ccccc4)NC(=O)NC3=O)c(=O)c2cc1ON. The number of urea groups is 1. The van der Waals surface area contributed by atoms with E-state index in [1.807, 2.05) is 0 Å². The number of aromatic amines is 1. The summed E-state index contributed by atoms with van der Waals surface area (Å²) in [6.07, 6.45) is 0. The van der Waals surface area contributed by atoms with Gasteiger partial charge >= 0.3 is 6.03 Å². The van der Waals surface area contributed by atoms with E-state index < -0.39 is 23.0 Å². The first-order valence-corrected chi connectivity index (χ1v) is 8.17. The molecule has 0 aliphatic carbocycles. The normalized spacial score (nSPS) is 18.8.